The molecule has 0 aromatic carbocycles. The normalized spacial score (nSPS) is 19.3. The maximum atomic E-state index is 12.2. The van der Waals surface area contributed by atoms with Gasteiger partial charge >= 0.3 is 5.97 Å². The van der Waals surface area contributed by atoms with Crippen molar-refractivity contribution >= 4 is 33.2 Å². The van der Waals surface area contributed by atoms with Gasteiger partial charge in [-0.15, -0.1) is 0 Å². The maximum Gasteiger partial charge on any atom is 0.306 e. The van der Waals surface area contributed by atoms with E-state index in [9.17, 15) is 13.2 Å². The second kappa shape index (κ2) is 8.05. The van der Waals surface area contributed by atoms with E-state index in [1.807, 2.05) is 0 Å². The molecule has 3 N–H and O–H groups in total. The lowest BCUT2D eigenvalue weighted by Crippen LogP contribution is -2.57. The molecule has 1 aliphatic carbocycles. The highest BCUT2D eigenvalue weighted by Crippen LogP contribution is 2.27. The minimum atomic E-state index is -3.64. The number of carbonyl (C=O) groups is 1. The topological polar surface area (TPSA) is 98.5 Å². The van der Waals surface area contributed by atoms with Gasteiger partial charge in [-0.3, -0.25) is 4.79 Å². The molecule has 1 saturated carbocycles. The molecule has 0 aromatic heterocycles. The Morgan fingerprint density at radius 1 is 1.24 bits per heavy atom. The highest BCUT2D eigenvalue weighted by atomic mass is 32.2. The summed E-state index contributed by atoms with van der Waals surface area (Å²) in [5.74, 6) is -0.869. The molecule has 1 aliphatic rings. The molecule has 0 atom stereocenters. The number of rotatable bonds is 6. The van der Waals surface area contributed by atoms with Gasteiger partial charge in [-0.1, -0.05) is 44.3 Å². The van der Waals surface area contributed by atoms with Gasteiger partial charge in [-0.25, -0.2) is 13.1 Å². The Labute approximate surface area is 131 Å². The summed E-state index contributed by atoms with van der Waals surface area (Å²) in [4.78, 5) is 11.3. The third-order valence-electron chi connectivity index (χ3n) is 3.83. The van der Waals surface area contributed by atoms with Crippen LogP contribution in [0.1, 0.15) is 51.4 Å². The first-order chi connectivity index (χ1) is 9.81. The number of sulfonamides is 1. The molecule has 21 heavy (non-hydrogen) atoms. The average molecular weight is 336 g/mol. The average Bonchev–Trinajstić information content (AvgIpc) is 2.39. The predicted molar refractivity (Wildman–Crippen MR) is 85.4 cm³/mol. The molecule has 0 saturated heterocycles. The number of hydrogen-bond acceptors (Lipinski definition) is 5. The van der Waals surface area contributed by atoms with Crippen LogP contribution in [0.3, 0.4) is 0 Å². The smallest absolute Gasteiger partial charge is 0.306 e. The van der Waals surface area contributed by atoms with Gasteiger partial charge in [0.15, 0.2) is 0 Å². The van der Waals surface area contributed by atoms with Crippen molar-refractivity contribution in [1.29, 1.82) is 0 Å². The molecule has 0 heterocycles. The molecular formula is C13H24N2O4S2. The number of hydrogen-bond donors (Lipinski definition) is 2. The van der Waals surface area contributed by atoms with Crippen molar-refractivity contribution in [3.63, 3.8) is 0 Å². The van der Waals surface area contributed by atoms with Crippen LogP contribution in [-0.4, -0.2) is 37.8 Å². The molecule has 122 valence electrons. The molecule has 0 aromatic rings. The Morgan fingerprint density at radius 3 is 2.24 bits per heavy atom. The van der Waals surface area contributed by atoms with Gasteiger partial charge in [0.05, 0.1) is 29.8 Å². The van der Waals surface area contributed by atoms with E-state index in [0.717, 1.165) is 32.1 Å². The van der Waals surface area contributed by atoms with Crippen molar-refractivity contribution in [2.45, 2.75) is 56.9 Å². The lowest BCUT2D eigenvalue weighted by atomic mass is 9.85. The van der Waals surface area contributed by atoms with Gasteiger partial charge in [0.25, 0.3) is 0 Å². The summed E-state index contributed by atoms with van der Waals surface area (Å²) in [6.07, 6.45) is 6.07. The van der Waals surface area contributed by atoms with Gasteiger partial charge < -0.3 is 10.5 Å². The van der Waals surface area contributed by atoms with Crippen LogP contribution in [0.2, 0.25) is 0 Å². The van der Waals surface area contributed by atoms with Crippen LogP contribution in [0.15, 0.2) is 0 Å². The zero-order valence-corrected chi connectivity index (χ0v) is 14.0. The summed E-state index contributed by atoms with van der Waals surface area (Å²) < 4.78 is 31.5. The Bertz CT molecular complexity index is 469. The number of esters is 1. The molecule has 6 nitrogen and oxygen atoms in total. The minimum absolute atomic E-state index is 0.181. The van der Waals surface area contributed by atoms with Crippen LogP contribution >= 0.6 is 12.2 Å². The summed E-state index contributed by atoms with van der Waals surface area (Å²) >= 11 is 5.12. The van der Waals surface area contributed by atoms with Crippen LogP contribution in [0, 0.1) is 0 Å². The number of carbonyl (C=O) groups excluding carboxylic acids is 1. The zero-order chi connectivity index (χ0) is 15.9. The van der Waals surface area contributed by atoms with Crippen LogP contribution < -0.4 is 10.5 Å². The van der Waals surface area contributed by atoms with Crippen LogP contribution in [-0.2, 0) is 19.6 Å². The molecule has 0 spiro atoms. The van der Waals surface area contributed by atoms with Crippen LogP contribution in [0.4, 0.5) is 0 Å². The summed E-state index contributed by atoms with van der Waals surface area (Å²) in [6.45, 7) is 0. The van der Waals surface area contributed by atoms with Gasteiger partial charge in [-0.2, -0.15) is 0 Å². The highest BCUT2D eigenvalue weighted by molar-refractivity contribution is 7.89. The molecule has 1 fully saturated rings. The van der Waals surface area contributed by atoms with Crippen molar-refractivity contribution in [3.8, 4) is 0 Å². The Kier molecular flexibility index (Phi) is 7.02. The summed E-state index contributed by atoms with van der Waals surface area (Å²) in [7, 11) is -2.41. The van der Waals surface area contributed by atoms with E-state index in [1.54, 1.807) is 0 Å². The van der Waals surface area contributed by atoms with E-state index >= 15 is 0 Å². The highest BCUT2D eigenvalue weighted by Gasteiger charge is 2.37. The van der Waals surface area contributed by atoms with Gasteiger partial charge in [0.1, 0.15) is 0 Å². The third-order valence-corrected chi connectivity index (χ3v) is 5.67. The minimum Gasteiger partial charge on any atom is -0.469 e. The second-order valence-electron chi connectivity index (χ2n) is 5.46. The Balaban J connectivity index is 2.80. The zero-order valence-electron chi connectivity index (χ0n) is 12.4. The van der Waals surface area contributed by atoms with E-state index in [1.165, 1.54) is 7.11 Å². The lowest BCUT2D eigenvalue weighted by Gasteiger charge is -2.35. The molecule has 0 bridgehead atoms. The monoisotopic (exact) mass is 336 g/mol. The number of methoxy groups -OCH3 is 1. The van der Waals surface area contributed by atoms with Crippen molar-refractivity contribution in [2.75, 3.05) is 12.9 Å². The number of nitrogens with one attached hydrogen (secondary N) is 1. The second-order valence-corrected chi connectivity index (χ2v) is 7.74. The first-order valence-corrected chi connectivity index (χ1v) is 9.26. The van der Waals surface area contributed by atoms with Crippen molar-refractivity contribution < 1.29 is 17.9 Å². The first kappa shape index (κ1) is 18.3. The summed E-state index contributed by atoms with van der Waals surface area (Å²) in [6, 6.07) is 0. The summed E-state index contributed by atoms with van der Waals surface area (Å²) in [5, 5.41) is 0. The first-order valence-electron chi connectivity index (χ1n) is 7.20. The van der Waals surface area contributed by atoms with E-state index in [4.69, 9.17) is 18.0 Å². The van der Waals surface area contributed by atoms with Crippen molar-refractivity contribution in [2.24, 2.45) is 5.73 Å². The molecule has 0 amide bonds. The molecule has 0 radical (unpaired) electrons. The Morgan fingerprint density at radius 2 is 1.76 bits per heavy atom. The van der Waals surface area contributed by atoms with Crippen LogP contribution in [0.25, 0.3) is 0 Å². The lowest BCUT2D eigenvalue weighted by molar-refractivity contribution is -0.140. The van der Waals surface area contributed by atoms with Gasteiger partial charge in [0.2, 0.25) is 10.0 Å². The molecular weight excluding hydrogens is 312 g/mol. The van der Waals surface area contributed by atoms with Crippen molar-refractivity contribution in [3.05, 3.63) is 0 Å². The standard InChI is InChI=1S/C13H24N2O4S2/c1-19-11(16)7-10-21(17,18)15-13(12(14)20)8-5-3-2-4-6-9-13/h15H,2-10H2,1H3,(H2,14,20). The van der Waals surface area contributed by atoms with Gasteiger partial charge in [0, 0.05) is 0 Å². The fourth-order valence-corrected chi connectivity index (χ4v) is 4.34. The van der Waals surface area contributed by atoms with E-state index in [2.05, 4.69) is 9.46 Å². The third kappa shape index (κ3) is 5.88. The predicted octanol–water partition coefficient (Wildman–Crippen LogP) is 1.24. The van der Waals surface area contributed by atoms with Crippen molar-refractivity contribution in [1.82, 2.24) is 4.72 Å². The SMILES string of the molecule is COC(=O)CCS(=O)(=O)NC1(C(N)=S)CCCCCCC1. The molecule has 0 aliphatic heterocycles. The number of ether oxygens (including phenoxy) is 1. The van der Waals surface area contributed by atoms with Crippen LogP contribution in [0.5, 0.6) is 0 Å². The van der Waals surface area contributed by atoms with E-state index < -0.39 is 21.5 Å². The molecule has 0 unspecified atom stereocenters. The largest absolute Gasteiger partial charge is 0.469 e. The Hall–Kier alpha value is -0.730. The number of nitrogens with two attached hydrogens (primary N) is 1. The summed E-state index contributed by atoms with van der Waals surface area (Å²) in [5.41, 5.74) is 4.97. The fourth-order valence-electron chi connectivity index (χ4n) is 2.58. The van der Waals surface area contributed by atoms with E-state index in [-0.39, 0.29) is 17.2 Å². The fraction of sp³-hybridized carbons (Fsp3) is 0.846. The number of thiocarbonyl (C=S) groups is 1. The van der Waals surface area contributed by atoms with Gasteiger partial charge in [-0.05, 0) is 12.8 Å². The molecule has 1 rings (SSSR count). The maximum absolute atomic E-state index is 12.2. The molecule has 8 heteroatoms. The quantitative estimate of drug-likeness (QED) is 0.559. The van der Waals surface area contributed by atoms with E-state index in [0.29, 0.717) is 12.8 Å².